The lowest BCUT2D eigenvalue weighted by atomic mass is 9.76. The van der Waals surface area contributed by atoms with E-state index < -0.39 is 0 Å². The fourth-order valence-electron chi connectivity index (χ4n) is 2.98. The fraction of sp³-hybridized carbons (Fsp3) is 0.667. The molecule has 1 heterocycles. The predicted molar refractivity (Wildman–Crippen MR) is 73.3 cm³/mol. The zero-order valence-corrected chi connectivity index (χ0v) is 11.4. The summed E-state index contributed by atoms with van der Waals surface area (Å²) in [6, 6.07) is 2.03. The maximum atomic E-state index is 9.73. The van der Waals surface area contributed by atoms with Gasteiger partial charge in [0.25, 0.3) is 0 Å². The van der Waals surface area contributed by atoms with E-state index in [-0.39, 0.29) is 12.1 Å². The predicted octanol–water partition coefficient (Wildman–Crippen LogP) is 2.42. The van der Waals surface area contributed by atoms with Crippen molar-refractivity contribution >= 4 is 0 Å². The number of hydrogen-bond donors (Lipinski definition) is 2. The van der Waals surface area contributed by atoms with E-state index in [2.05, 4.69) is 24.1 Å². The van der Waals surface area contributed by atoms with Crippen molar-refractivity contribution in [2.75, 3.05) is 6.61 Å². The summed E-state index contributed by atoms with van der Waals surface area (Å²) < 4.78 is 0. The molecule has 1 aliphatic carbocycles. The van der Waals surface area contributed by atoms with Gasteiger partial charge in [-0.3, -0.25) is 4.98 Å². The first-order valence-corrected chi connectivity index (χ1v) is 6.90. The molecule has 2 N–H and O–H groups in total. The van der Waals surface area contributed by atoms with Crippen LogP contribution < -0.4 is 5.32 Å². The first-order valence-electron chi connectivity index (χ1n) is 6.90. The highest BCUT2D eigenvalue weighted by Gasteiger charge is 2.33. The summed E-state index contributed by atoms with van der Waals surface area (Å²) in [4.78, 5) is 4.17. The minimum Gasteiger partial charge on any atom is -0.394 e. The quantitative estimate of drug-likeness (QED) is 0.860. The van der Waals surface area contributed by atoms with Crippen molar-refractivity contribution in [1.29, 1.82) is 0 Å². The third-order valence-corrected chi connectivity index (χ3v) is 4.20. The van der Waals surface area contributed by atoms with Crippen molar-refractivity contribution in [1.82, 2.24) is 10.3 Å². The van der Waals surface area contributed by atoms with E-state index in [1.165, 1.54) is 24.0 Å². The van der Waals surface area contributed by atoms with Crippen LogP contribution in [-0.2, 0) is 6.54 Å². The Morgan fingerprint density at radius 1 is 1.56 bits per heavy atom. The van der Waals surface area contributed by atoms with Crippen LogP contribution in [0.1, 0.15) is 43.7 Å². The van der Waals surface area contributed by atoms with Gasteiger partial charge >= 0.3 is 0 Å². The highest BCUT2D eigenvalue weighted by Crippen LogP contribution is 2.32. The molecule has 100 valence electrons. The van der Waals surface area contributed by atoms with Crippen LogP contribution >= 0.6 is 0 Å². The molecule has 1 saturated carbocycles. The second kappa shape index (κ2) is 5.81. The Bertz CT molecular complexity index is 394. The standard InChI is InChI=1S/C15H24N2O/c1-12-4-3-6-15(8-12,11-18)17-10-14-9-16-7-5-13(14)2/h5,7,9,12,17-18H,3-4,6,8,10-11H2,1-2H3. The first kappa shape index (κ1) is 13.5. The van der Waals surface area contributed by atoms with Crippen molar-refractivity contribution in [2.45, 2.75) is 51.6 Å². The van der Waals surface area contributed by atoms with Gasteiger partial charge in [-0.2, -0.15) is 0 Å². The fourth-order valence-corrected chi connectivity index (χ4v) is 2.98. The van der Waals surface area contributed by atoms with Crippen molar-refractivity contribution in [3.05, 3.63) is 29.6 Å². The van der Waals surface area contributed by atoms with Gasteiger partial charge in [0.15, 0.2) is 0 Å². The molecule has 1 aromatic heterocycles. The molecular weight excluding hydrogens is 224 g/mol. The van der Waals surface area contributed by atoms with Gasteiger partial charge < -0.3 is 10.4 Å². The van der Waals surface area contributed by atoms with Gasteiger partial charge in [-0.15, -0.1) is 0 Å². The van der Waals surface area contributed by atoms with Gasteiger partial charge in [-0.25, -0.2) is 0 Å². The molecule has 2 atom stereocenters. The van der Waals surface area contributed by atoms with E-state index >= 15 is 0 Å². The highest BCUT2D eigenvalue weighted by molar-refractivity contribution is 5.21. The van der Waals surface area contributed by atoms with Crippen LogP contribution in [-0.4, -0.2) is 22.2 Å². The van der Waals surface area contributed by atoms with Gasteiger partial charge in [0.05, 0.1) is 6.61 Å². The normalized spacial score (nSPS) is 28.3. The van der Waals surface area contributed by atoms with E-state index in [1.54, 1.807) is 0 Å². The maximum absolute atomic E-state index is 9.73. The number of nitrogens with one attached hydrogen (secondary N) is 1. The Hall–Kier alpha value is -0.930. The Kier molecular flexibility index (Phi) is 4.36. The molecule has 1 aliphatic rings. The van der Waals surface area contributed by atoms with E-state index in [0.29, 0.717) is 5.92 Å². The largest absolute Gasteiger partial charge is 0.394 e. The third kappa shape index (κ3) is 3.09. The Morgan fingerprint density at radius 3 is 3.06 bits per heavy atom. The summed E-state index contributed by atoms with van der Waals surface area (Å²) in [5.41, 5.74) is 2.40. The number of rotatable bonds is 4. The van der Waals surface area contributed by atoms with Gasteiger partial charge in [0.1, 0.15) is 0 Å². The SMILES string of the molecule is Cc1ccncc1CNC1(CO)CCCC(C)C1. The number of aliphatic hydroxyl groups is 1. The number of aliphatic hydroxyl groups excluding tert-OH is 1. The van der Waals surface area contributed by atoms with Crippen molar-refractivity contribution in [3.63, 3.8) is 0 Å². The zero-order valence-electron chi connectivity index (χ0n) is 11.4. The van der Waals surface area contributed by atoms with Gasteiger partial charge in [-0.05, 0) is 42.9 Å². The van der Waals surface area contributed by atoms with Gasteiger partial charge in [-0.1, -0.05) is 19.8 Å². The molecule has 1 fully saturated rings. The van der Waals surface area contributed by atoms with E-state index in [1.807, 2.05) is 18.5 Å². The molecule has 0 aliphatic heterocycles. The Labute approximate surface area is 110 Å². The zero-order chi connectivity index (χ0) is 13.0. The van der Waals surface area contributed by atoms with Crippen LogP contribution in [0.2, 0.25) is 0 Å². The van der Waals surface area contributed by atoms with Gasteiger partial charge in [0.2, 0.25) is 0 Å². The molecule has 1 aromatic rings. The maximum Gasteiger partial charge on any atom is 0.0613 e. The second-order valence-corrected chi connectivity index (χ2v) is 5.80. The molecule has 0 bridgehead atoms. The number of nitrogens with zero attached hydrogens (tertiary/aromatic N) is 1. The lowest BCUT2D eigenvalue weighted by molar-refractivity contribution is 0.0981. The summed E-state index contributed by atoms with van der Waals surface area (Å²) >= 11 is 0. The Morgan fingerprint density at radius 2 is 2.39 bits per heavy atom. The highest BCUT2D eigenvalue weighted by atomic mass is 16.3. The van der Waals surface area contributed by atoms with Crippen LogP contribution in [0, 0.1) is 12.8 Å². The summed E-state index contributed by atoms with van der Waals surface area (Å²) in [7, 11) is 0. The number of pyridine rings is 1. The van der Waals surface area contributed by atoms with Crippen LogP contribution in [0.25, 0.3) is 0 Å². The summed E-state index contributed by atoms with van der Waals surface area (Å²) in [5.74, 6) is 0.702. The van der Waals surface area contributed by atoms with Gasteiger partial charge in [0, 0.05) is 24.5 Å². The number of hydrogen-bond acceptors (Lipinski definition) is 3. The number of aryl methyl sites for hydroxylation is 1. The minimum absolute atomic E-state index is 0.0834. The van der Waals surface area contributed by atoms with Crippen LogP contribution in [0.4, 0.5) is 0 Å². The summed E-state index contributed by atoms with van der Waals surface area (Å²) in [6.45, 7) is 5.41. The molecule has 3 nitrogen and oxygen atoms in total. The first-order chi connectivity index (χ1) is 8.65. The molecule has 0 radical (unpaired) electrons. The smallest absolute Gasteiger partial charge is 0.0613 e. The molecule has 2 rings (SSSR count). The summed E-state index contributed by atoms with van der Waals surface area (Å²) in [5, 5.41) is 13.3. The molecule has 0 saturated heterocycles. The molecular formula is C15H24N2O. The molecule has 0 amide bonds. The van der Waals surface area contributed by atoms with E-state index in [4.69, 9.17) is 0 Å². The minimum atomic E-state index is -0.0834. The monoisotopic (exact) mass is 248 g/mol. The van der Waals surface area contributed by atoms with Crippen molar-refractivity contribution < 1.29 is 5.11 Å². The average Bonchev–Trinajstić information content (AvgIpc) is 2.38. The van der Waals surface area contributed by atoms with Crippen LogP contribution in [0.5, 0.6) is 0 Å². The topological polar surface area (TPSA) is 45.2 Å². The van der Waals surface area contributed by atoms with E-state index in [0.717, 1.165) is 19.4 Å². The van der Waals surface area contributed by atoms with E-state index in [9.17, 15) is 5.11 Å². The Balaban J connectivity index is 2.01. The third-order valence-electron chi connectivity index (χ3n) is 4.20. The van der Waals surface area contributed by atoms with Crippen molar-refractivity contribution in [2.24, 2.45) is 5.92 Å². The van der Waals surface area contributed by atoms with Crippen molar-refractivity contribution in [3.8, 4) is 0 Å². The van der Waals surface area contributed by atoms with Crippen LogP contribution in [0.3, 0.4) is 0 Å². The second-order valence-electron chi connectivity index (χ2n) is 5.80. The lowest BCUT2D eigenvalue weighted by Crippen LogP contribution is -2.51. The molecule has 18 heavy (non-hydrogen) atoms. The molecule has 0 aromatic carbocycles. The molecule has 3 heteroatoms. The van der Waals surface area contributed by atoms with Crippen LogP contribution in [0.15, 0.2) is 18.5 Å². The molecule has 0 spiro atoms. The lowest BCUT2D eigenvalue weighted by Gasteiger charge is -2.39. The average molecular weight is 248 g/mol. The number of aromatic nitrogens is 1. The summed E-state index contributed by atoms with van der Waals surface area (Å²) in [6.07, 6.45) is 8.38. The molecule has 2 unspecified atom stereocenters.